The highest BCUT2D eigenvalue weighted by molar-refractivity contribution is 9.10. The molecule has 4 nitrogen and oxygen atoms in total. The van der Waals surface area contributed by atoms with Crippen LogP contribution in [0, 0.1) is 5.82 Å². The largest absolute Gasteiger partial charge is 0.454 e. The zero-order chi connectivity index (χ0) is 27.2. The van der Waals surface area contributed by atoms with Crippen LogP contribution >= 0.6 is 15.9 Å². The first-order valence-corrected chi connectivity index (χ1v) is 15.2. The number of unbranched alkanes of at least 4 members (excludes halogenated alkanes) is 7. The number of carbonyl (C=O) groups excluding carboxylic acids is 2. The molecular weight excluding hydrogens is 545 g/mol. The summed E-state index contributed by atoms with van der Waals surface area (Å²) in [6, 6.07) is 13.9. The number of piperidine rings is 1. The van der Waals surface area contributed by atoms with Gasteiger partial charge in [0.15, 0.2) is 5.78 Å². The number of esters is 1. The van der Waals surface area contributed by atoms with Crippen molar-refractivity contribution in [2.24, 2.45) is 0 Å². The molecule has 0 radical (unpaired) electrons. The molecule has 208 valence electrons. The van der Waals surface area contributed by atoms with E-state index in [-0.39, 0.29) is 17.6 Å². The van der Waals surface area contributed by atoms with Gasteiger partial charge in [-0.3, -0.25) is 9.59 Å². The Morgan fingerprint density at radius 1 is 0.842 bits per heavy atom. The van der Waals surface area contributed by atoms with E-state index in [4.69, 9.17) is 4.74 Å². The molecule has 1 saturated heterocycles. The van der Waals surface area contributed by atoms with Gasteiger partial charge in [0.1, 0.15) is 11.4 Å². The SMILES string of the molecule is CCCCCCCCCCC(=O)OC1(c2ccc(Br)cc2)CCN(CCCC(=O)c2ccc(F)cc2)CC1. The van der Waals surface area contributed by atoms with E-state index in [9.17, 15) is 14.0 Å². The monoisotopic (exact) mass is 587 g/mol. The lowest BCUT2D eigenvalue weighted by atomic mass is 9.84. The van der Waals surface area contributed by atoms with Gasteiger partial charge in [0, 0.05) is 48.8 Å². The lowest BCUT2D eigenvalue weighted by Gasteiger charge is -2.41. The quantitative estimate of drug-likeness (QED) is 0.112. The van der Waals surface area contributed by atoms with Crippen molar-refractivity contribution in [3.8, 4) is 0 Å². The smallest absolute Gasteiger partial charge is 0.306 e. The fourth-order valence-corrected chi connectivity index (χ4v) is 5.52. The molecule has 6 heteroatoms. The molecule has 0 N–H and O–H groups in total. The number of benzene rings is 2. The van der Waals surface area contributed by atoms with E-state index < -0.39 is 5.60 Å². The second-order valence-corrected chi connectivity index (χ2v) is 11.5. The van der Waals surface area contributed by atoms with Gasteiger partial charge in [-0.25, -0.2) is 4.39 Å². The average Bonchev–Trinajstić information content (AvgIpc) is 2.92. The highest BCUT2D eigenvalue weighted by atomic mass is 79.9. The molecule has 0 atom stereocenters. The van der Waals surface area contributed by atoms with Gasteiger partial charge in [0.25, 0.3) is 0 Å². The summed E-state index contributed by atoms with van der Waals surface area (Å²) in [5, 5.41) is 0. The fraction of sp³-hybridized carbons (Fsp3) is 0.562. The van der Waals surface area contributed by atoms with Crippen LogP contribution in [-0.2, 0) is 15.1 Å². The number of hydrogen-bond donors (Lipinski definition) is 0. The summed E-state index contributed by atoms with van der Waals surface area (Å²) in [4.78, 5) is 27.7. The first-order chi connectivity index (χ1) is 18.4. The van der Waals surface area contributed by atoms with Crippen LogP contribution in [0.2, 0.25) is 0 Å². The van der Waals surface area contributed by atoms with Crippen LogP contribution in [0.3, 0.4) is 0 Å². The molecule has 1 aliphatic heterocycles. The van der Waals surface area contributed by atoms with Crippen LogP contribution in [-0.4, -0.2) is 36.3 Å². The summed E-state index contributed by atoms with van der Waals surface area (Å²) >= 11 is 3.51. The van der Waals surface area contributed by atoms with Gasteiger partial charge in [-0.1, -0.05) is 79.9 Å². The summed E-state index contributed by atoms with van der Waals surface area (Å²) in [5.74, 6) is -0.388. The second kappa shape index (κ2) is 16.1. The molecule has 0 spiro atoms. The molecular formula is C32H43BrFNO3. The second-order valence-electron chi connectivity index (χ2n) is 10.6. The Morgan fingerprint density at radius 2 is 1.45 bits per heavy atom. The topological polar surface area (TPSA) is 46.6 Å². The van der Waals surface area contributed by atoms with Crippen molar-refractivity contribution in [3.05, 3.63) is 69.9 Å². The molecule has 0 aromatic heterocycles. The maximum atomic E-state index is 13.1. The highest BCUT2D eigenvalue weighted by Crippen LogP contribution is 2.38. The molecule has 0 bridgehead atoms. The zero-order valence-electron chi connectivity index (χ0n) is 22.9. The Bertz CT molecular complexity index is 985. The number of ether oxygens (including phenoxy) is 1. The molecule has 1 fully saturated rings. The highest BCUT2D eigenvalue weighted by Gasteiger charge is 2.39. The lowest BCUT2D eigenvalue weighted by molar-refractivity contribution is -0.167. The molecule has 0 saturated carbocycles. The Labute approximate surface area is 236 Å². The van der Waals surface area contributed by atoms with Crippen LogP contribution in [0.5, 0.6) is 0 Å². The third-order valence-electron chi connectivity index (χ3n) is 7.62. The first kappa shape index (κ1) is 30.5. The molecule has 2 aromatic rings. The predicted octanol–water partition coefficient (Wildman–Crippen LogP) is 8.62. The number of rotatable bonds is 16. The summed E-state index contributed by atoms with van der Waals surface area (Å²) in [5.41, 5.74) is 1.01. The summed E-state index contributed by atoms with van der Waals surface area (Å²) in [6.45, 7) is 4.67. The maximum absolute atomic E-state index is 13.1. The third-order valence-corrected chi connectivity index (χ3v) is 8.15. The summed E-state index contributed by atoms with van der Waals surface area (Å²) in [6.07, 6.45) is 12.7. The van der Waals surface area contributed by atoms with Crippen molar-refractivity contribution in [3.63, 3.8) is 0 Å². The number of carbonyl (C=O) groups is 2. The number of ketones is 1. The van der Waals surface area contributed by atoms with Gasteiger partial charge in [-0.05, 0) is 61.3 Å². The maximum Gasteiger partial charge on any atom is 0.306 e. The Hall–Kier alpha value is -2.05. The van der Waals surface area contributed by atoms with E-state index in [1.165, 1.54) is 50.7 Å². The average molecular weight is 589 g/mol. The van der Waals surface area contributed by atoms with Crippen LogP contribution in [0.15, 0.2) is 53.0 Å². The molecule has 0 amide bonds. The Balaban J connectivity index is 1.47. The predicted molar refractivity (Wildman–Crippen MR) is 155 cm³/mol. The standard InChI is InChI=1S/C32H43BrFNO3/c1-2-3-4-5-6-7-8-9-12-31(37)38-32(27-15-17-28(33)18-16-27)21-24-35(25-22-32)23-10-11-30(36)26-13-19-29(34)20-14-26/h13-20H,2-12,21-25H2,1H3. The van der Waals surface area contributed by atoms with Crippen LogP contribution in [0.4, 0.5) is 4.39 Å². The van der Waals surface area contributed by atoms with Crippen molar-refractivity contribution in [2.75, 3.05) is 19.6 Å². The van der Waals surface area contributed by atoms with Crippen molar-refractivity contribution in [2.45, 2.75) is 96.0 Å². The molecule has 1 aliphatic rings. The van der Waals surface area contributed by atoms with Crippen LogP contribution < -0.4 is 0 Å². The minimum atomic E-state index is -0.599. The number of hydrogen-bond acceptors (Lipinski definition) is 4. The van der Waals surface area contributed by atoms with E-state index in [1.807, 2.05) is 12.1 Å². The summed E-state index contributed by atoms with van der Waals surface area (Å²) < 4.78 is 20.4. The summed E-state index contributed by atoms with van der Waals surface area (Å²) in [7, 11) is 0. The van der Waals surface area contributed by atoms with Crippen molar-refractivity contribution in [1.29, 1.82) is 0 Å². The molecule has 1 heterocycles. The molecule has 0 unspecified atom stereocenters. The van der Waals surface area contributed by atoms with E-state index >= 15 is 0 Å². The van der Waals surface area contributed by atoms with Gasteiger partial charge in [0.2, 0.25) is 0 Å². The number of Topliss-reactive ketones (excluding diaryl/α,β-unsaturated/α-hetero) is 1. The van der Waals surface area contributed by atoms with Crippen molar-refractivity contribution in [1.82, 2.24) is 4.90 Å². The van der Waals surface area contributed by atoms with E-state index in [0.29, 0.717) is 18.4 Å². The van der Waals surface area contributed by atoms with Gasteiger partial charge >= 0.3 is 5.97 Å². The minimum Gasteiger partial charge on any atom is -0.454 e. The molecule has 38 heavy (non-hydrogen) atoms. The van der Waals surface area contributed by atoms with Crippen LogP contribution in [0.25, 0.3) is 0 Å². The number of likely N-dealkylation sites (tertiary alicyclic amines) is 1. The van der Waals surface area contributed by atoms with Gasteiger partial charge in [0.05, 0.1) is 0 Å². The van der Waals surface area contributed by atoms with E-state index in [2.05, 4.69) is 39.9 Å². The van der Waals surface area contributed by atoms with Gasteiger partial charge < -0.3 is 9.64 Å². The normalized spacial score (nSPS) is 15.3. The first-order valence-electron chi connectivity index (χ1n) is 14.4. The van der Waals surface area contributed by atoms with Gasteiger partial charge in [-0.2, -0.15) is 0 Å². The number of halogens is 2. The molecule has 0 aliphatic carbocycles. The molecule has 2 aromatic carbocycles. The Morgan fingerprint density at radius 3 is 2.08 bits per heavy atom. The van der Waals surface area contributed by atoms with Crippen molar-refractivity contribution < 1.29 is 18.7 Å². The van der Waals surface area contributed by atoms with E-state index in [0.717, 1.165) is 61.8 Å². The minimum absolute atomic E-state index is 0.0427. The zero-order valence-corrected chi connectivity index (χ0v) is 24.4. The van der Waals surface area contributed by atoms with E-state index in [1.54, 1.807) is 12.1 Å². The third kappa shape index (κ3) is 9.92. The van der Waals surface area contributed by atoms with Crippen molar-refractivity contribution >= 4 is 27.7 Å². The fourth-order valence-electron chi connectivity index (χ4n) is 5.26. The van der Waals surface area contributed by atoms with Crippen LogP contribution in [0.1, 0.15) is 106 Å². The molecule has 3 rings (SSSR count). The Kier molecular flexibility index (Phi) is 13.0. The number of nitrogens with zero attached hydrogens (tertiary/aromatic N) is 1. The van der Waals surface area contributed by atoms with Gasteiger partial charge in [-0.15, -0.1) is 0 Å². The lowest BCUT2D eigenvalue weighted by Crippen LogP contribution is -2.45.